The summed E-state index contributed by atoms with van der Waals surface area (Å²) in [5.74, 6) is -0.897. The van der Waals surface area contributed by atoms with Crippen LogP contribution in [-0.4, -0.2) is 73.4 Å². The Balaban J connectivity index is 2.77. The zero-order valence-electron chi connectivity index (χ0n) is 21.1. The molecule has 0 amide bonds. The molecule has 0 aliphatic heterocycles. The molecule has 1 aromatic carbocycles. The average Bonchev–Trinajstić information content (AvgIpc) is 2.75. The van der Waals surface area contributed by atoms with E-state index in [1.165, 1.54) is 7.11 Å². The molecule has 0 unspecified atom stereocenters. The number of hydrogen-bond acceptors (Lipinski definition) is 9. The minimum Gasteiger partial charge on any atom is -0.508 e. The van der Waals surface area contributed by atoms with E-state index >= 15 is 0 Å². The first-order valence-electron chi connectivity index (χ1n) is 11.7. The van der Waals surface area contributed by atoms with E-state index in [0.29, 0.717) is 38.2 Å². The van der Waals surface area contributed by atoms with Crippen molar-refractivity contribution < 1.29 is 33.7 Å². The number of aryl methyl sites for hydroxylation is 1. The average molecular weight is 481 g/mol. The lowest BCUT2D eigenvalue weighted by Crippen LogP contribution is -2.38. The summed E-state index contributed by atoms with van der Waals surface area (Å²) in [5, 5.41) is 13.4. The molecule has 0 aromatic heterocycles. The minimum atomic E-state index is -0.552. The molecule has 0 bridgehead atoms. The van der Waals surface area contributed by atoms with Gasteiger partial charge in [-0.2, -0.15) is 0 Å². The lowest BCUT2D eigenvalue weighted by molar-refractivity contribution is -0.153. The molecular weight excluding hydrogens is 440 g/mol. The number of hydrogen-bond donors (Lipinski definition) is 2. The fraction of sp³-hybridized carbons (Fsp3) is 0.640. The lowest BCUT2D eigenvalue weighted by atomic mass is 10.0. The van der Waals surface area contributed by atoms with E-state index in [4.69, 9.17) is 9.47 Å². The van der Waals surface area contributed by atoms with Gasteiger partial charge in [0.1, 0.15) is 11.4 Å². The number of carbonyl (C=O) groups excluding carboxylic acids is 3. The lowest BCUT2D eigenvalue weighted by Gasteiger charge is -2.23. The van der Waals surface area contributed by atoms with Crippen molar-refractivity contribution in [2.45, 2.75) is 65.5 Å². The molecule has 34 heavy (non-hydrogen) atoms. The molecule has 9 nitrogen and oxygen atoms in total. The van der Waals surface area contributed by atoms with Crippen LogP contribution in [0.15, 0.2) is 18.2 Å². The molecule has 0 radical (unpaired) electrons. The highest BCUT2D eigenvalue weighted by atomic mass is 16.6. The third-order valence-corrected chi connectivity index (χ3v) is 4.79. The highest BCUT2D eigenvalue weighted by Crippen LogP contribution is 2.21. The summed E-state index contributed by atoms with van der Waals surface area (Å²) < 4.78 is 15.3. The van der Waals surface area contributed by atoms with E-state index in [0.717, 1.165) is 18.4 Å². The summed E-state index contributed by atoms with van der Waals surface area (Å²) >= 11 is 0. The SMILES string of the molecule is CCCCOC(=O)CN(CCNCC(=O)OC(C)(C)C)Cc1cc(CCC(=O)OC)ccc1O. The molecule has 0 atom stereocenters. The molecule has 0 saturated heterocycles. The Labute approximate surface area is 202 Å². The molecule has 2 N–H and O–H groups in total. The van der Waals surface area contributed by atoms with E-state index in [1.807, 2.05) is 38.7 Å². The number of rotatable bonds is 15. The van der Waals surface area contributed by atoms with Gasteiger partial charge < -0.3 is 24.6 Å². The number of nitrogens with zero attached hydrogens (tertiary/aromatic N) is 1. The number of carbonyl (C=O) groups is 3. The van der Waals surface area contributed by atoms with Crippen molar-refractivity contribution in [1.29, 1.82) is 0 Å². The highest BCUT2D eigenvalue weighted by molar-refractivity contribution is 5.72. The van der Waals surface area contributed by atoms with E-state index < -0.39 is 5.60 Å². The first-order valence-corrected chi connectivity index (χ1v) is 11.7. The van der Waals surface area contributed by atoms with Crippen LogP contribution in [0.5, 0.6) is 5.75 Å². The molecule has 0 spiro atoms. The predicted molar refractivity (Wildman–Crippen MR) is 128 cm³/mol. The van der Waals surface area contributed by atoms with Gasteiger partial charge in [0, 0.05) is 31.6 Å². The Kier molecular flexibility index (Phi) is 13.2. The van der Waals surface area contributed by atoms with Crippen LogP contribution in [0.2, 0.25) is 0 Å². The van der Waals surface area contributed by atoms with Crippen molar-refractivity contribution in [1.82, 2.24) is 10.2 Å². The van der Waals surface area contributed by atoms with Crippen LogP contribution in [0.1, 0.15) is 58.1 Å². The topological polar surface area (TPSA) is 114 Å². The number of phenolic OH excluding ortho intramolecular Hbond substituents is 1. The van der Waals surface area contributed by atoms with Gasteiger partial charge >= 0.3 is 17.9 Å². The molecule has 0 fully saturated rings. The van der Waals surface area contributed by atoms with Gasteiger partial charge in [-0.25, -0.2) is 0 Å². The predicted octanol–water partition coefficient (Wildman–Crippen LogP) is 2.57. The van der Waals surface area contributed by atoms with Crippen molar-refractivity contribution in [2.24, 2.45) is 0 Å². The van der Waals surface area contributed by atoms with Crippen molar-refractivity contribution in [2.75, 3.05) is 39.9 Å². The zero-order valence-corrected chi connectivity index (χ0v) is 21.1. The summed E-state index contributed by atoms with van der Waals surface area (Å²) in [6.45, 7) is 9.09. The number of esters is 3. The largest absolute Gasteiger partial charge is 0.508 e. The summed E-state index contributed by atoms with van der Waals surface area (Å²) in [7, 11) is 1.35. The maximum absolute atomic E-state index is 12.3. The molecule has 0 saturated carbocycles. The highest BCUT2D eigenvalue weighted by Gasteiger charge is 2.17. The second-order valence-electron chi connectivity index (χ2n) is 9.09. The minimum absolute atomic E-state index is 0.0453. The molecule has 9 heteroatoms. The second kappa shape index (κ2) is 15.3. The fourth-order valence-electron chi connectivity index (χ4n) is 3.09. The van der Waals surface area contributed by atoms with Crippen LogP contribution in [0.25, 0.3) is 0 Å². The molecule has 0 aliphatic carbocycles. The van der Waals surface area contributed by atoms with E-state index in [-0.39, 0.29) is 43.2 Å². The van der Waals surface area contributed by atoms with Crippen molar-refractivity contribution in [3.8, 4) is 5.75 Å². The molecular formula is C25H40N2O7. The summed E-state index contributed by atoms with van der Waals surface area (Å²) in [6, 6.07) is 5.16. The number of aromatic hydroxyl groups is 1. The summed E-state index contributed by atoms with van der Waals surface area (Å²) in [4.78, 5) is 37.5. The standard InChI is InChI=1S/C25H40N2O7/c1-6-7-14-33-24(31)18-27(13-12-26-16-23(30)34-25(2,3)4)17-20-15-19(8-10-21(20)28)9-11-22(29)32-5/h8,10,15,26,28H,6-7,9,11-14,16-18H2,1-5H3. The Morgan fingerprint density at radius 1 is 1.12 bits per heavy atom. The Bertz CT molecular complexity index is 790. The number of unbranched alkanes of at least 4 members (excludes halogenated alkanes) is 1. The summed E-state index contributed by atoms with van der Waals surface area (Å²) in [5.41, 5.74) is 0.964. The molecule has 1 rings (SSSR count). The second-order valence-corrected chi connectivity index (χ2v) is 9.09. The monoisotopic (exact) mass is 480 g/mol. The van der Waals surface area contributed by atoms with Crippen LogP contribution in [0.4, 0.5) is 0 Å². The molecule has 192 valence electrons. The zero-order chi connectivity index (χ0) is 25.6. The van der Waals surface area contributed by atoms with E-state index in [2.05, 4.69) is 10.1 Å². The maximum Gasteiger partial charge on any atom is 0.320 e. The third-order valence-electron chi connectivity index (χ3n) is 4.79. The Morgan fingerprint density at radius 3 is 2.50 bits per heavy atom. The van der Waals surface area contributed by atoms with E-state index in [9.17, 15) is 19.5 Å². The molecule has 0 aliphatic rings. The van der Waals surface area contributed by atoms with Crippen molar-refractivity contribution in [3.63, 3.8) is 0 Å². The van der Waals surface area contributed by atoms with Gasteiger partial charge in [0.05, 0.1) is 26.8 Å². The van der Waals surface area contributed by atoms with Crippen LogP contribution < -0.4 is 5.32 Å². The van der Waals surface area contributed by atoms with Gasteiger partial charge in [0.25, 0.3) is 0 Å². The van der Waals surface area contributed by atoms with Gasteiger partial charge in [-0.15, -0.1) is 0 Å². The van der Waals surface area contributed by atoms with Gasteiger partial charge in [-0.1, -0.05) is 25.5 Å². The first-order chi connectivity index (χ1) is 16.0. The van der Waals surface area contributed by atoms with E-state index in [1.54, 1.807) is 12.1 Å². The first kappa shape index (κ1) is 29.4. The van der Waals surface area contributed by atoms with Crippen molar-refractivity contribution in [3.05, 3.63) is 29.3 Å². The Morgan fingerprint density at radius 2 is 1.85 bits per heavy atom. The normalized spacial score (nSPS) is 11.4. The van der Waals surface area contributed by atoms with Gasteiger partial charge in [0.15, 0.2) is 0 Å². The third kappa shape index (κ3) is 13.2. The quantitative estimate of drug-likeness (QED) is 0.222. The van der Waals surface area contributed by atoms with Gasteiger partial charge in [-0.3, -0.25) is 19.3 Å². The molecule has 1 aromatic rings. The number of nitrogens with one attached hydrogen (secondary N) is 1. The number of methoxy groups -OCH3 is 1. The number of phenols is 1. The van der Waals surface area contributed by atoms with Gasteiger partial charge in [0.2, 0.25) is 0 Å². The van der Waals surface area contributed by atoms with Crippen LogP contribution in [0, 0.1) is 0 Å². The molecule has 0 heterocycles. The fourth-order valence-corrected chi connectivity index (χ4v) is 3.09. The van der Waals surface area contributed by atoms with Crippen molar-refractivity contribution >= 4 is 17.9 Å². The van der Waals surface area contributed by atoms with Crippen LogP contribution in [-0.2, 0) is 41.6 Å². The van der Waals surface area contributed by atoms with Crippen LogP contribution in [0.3, 0.4) is 0 Å². The Hall–Kier alpha value is -2.65. The number of benzene rings is 1. The smallest absolute Gasteiger partial charge is 0.320 e. The summed E-state index contributed by atoms with van der Waals surface area (Å²) in [6.07, 6.45) is 2.45. The van der Waals surface area contributed by atoms with Gasteiger partial charge in [-0.05, 0) is 45.2 Å². The number of ether oxygens (including phenoxy) is 3. The maximum atomic E-state index is 12.3. The van der Waals surface area contributed by atoms with Crippen LogP contribution >= 0.6 is 0 Å².